The molecule has 6 nitrogen and oxygen atoms in total. The van der Waals surface area contributed by atoms with Crippen LogP contribution >= 0.6 is 0 Å². The van der Waals surface area contributed by atoms with Crippen LogP contribution in [0.1, 0.15) is 13.8 Å². The lowest BCUT2D eigenvalue weighted by Crippen LogP contribution is -2.62. The van der Waals surface area contributed by atoms with E-state index in [2.05, 4.69) is 31.1 Å². The standard InChI is InChI=1S/C11H24N4O2S/c1-11(2)10-15(9-8-13(11)3)18(16,17)14-6-4-12-5-7-14/h12H,4-10H2,1-3H3. The number of hydrogen-bond acceptors (Lipinski definition) is 4. The first-order chi connectivity index (χ1) is 8.34. The molecule has 2 saturated heterocycles. The van der Waals surface area contributed by atoms with Gasteiger partial charge in [0.25, 0.3) is 10.2 Å². The highest BCUT2D eigenvalue weighted by atomic mass is 32.2. The van der Waals surface area contributed by atoms with Gasteiger partial charge >= 0.3 is 0 Å². The monoisotopic (exact) mass is 276 g/mol. The van der Waals surface area contributed by atoms with Crippen LogP contribution in [0.25, 0.3) is 0 Å². The molecule has 2 fully saturated rings. The highest BCUT2D eigenvalue weighted by Gasteiger charge is 2.39. The molecule has 0 atom stereocenters. The minimum atomic E-state index is -3.28. The summed E-state index contributed by atoms with van der Waals surface area (Å²) in [5, 5.41) is 3.18. The second kappa shape index (κ2) is 5.05. The molecular formula is C11H24N4O2S. The topological polar surface area (TPSA) is 55.9 Å². The van der Waals surface area contributed by atoms with Gasteiger partial charge < -0.3 is 5.32 Å². The average Bonchev–Trinajstić information content (AvgIpc) is 2.33. The summed E-state index contributed by atoms with van der Waals surface area (Å²) in [5.41, 5.74) is -0.0979. The summed E-state index contributed by atoms with van der Waals surface area (Å²) >= 11 is 0. The van der Waals surface area contributed by atoms with Crippen molar-refractivity contribution in [3.05, 3.63) is 0 Å². The summed E-state index contributed by atoms with van der Waals surface area (Å²) in [6.07, 6.45) is 0. The predicted molar refractivity (Wildman–Crippen MR) is 71.6 cm³/mol. The largest absolute Gasteiger partial charge is 0.314 e. The second-order valence-corrected chi connectivity index (χ2v) is 7.65. The van der Waals surface area contributed by atoms with E-state index in [0.29, 0.717) is 26.2 Å². The van der Waals surface area contributed by atoms with Crippen LogP contribution in [0.2, 0.25) is 0 Å². The molecule has 18 heavy (non-hydrogen) atoms. The van der Waals surface area contributed by atoms with Crippen LogP contribution in [-0.2, 0) is 10.2 Å². The van der Waals surface area contributed by atoms with E-state index in [1.54, 1.807) is 8.61 Å². The maximum Gasteiger partial charge on any atom is 0.282 e. The Labute approximate surface area is 110 Å². The molecule has 2 aliphatic heterocycles. The van der Waals surface area contributed by atoms with Gasteiger partial charge in [0.15, 0.2) is 0 Å². The zero-order chi connectivity index (χ0) is 13.4. The number of nitrogens with zero attached hydrogens (tertiary/aromatic N) is 3. The van der Waals surface area contributed by atoms with Crippen LogP contribution in [0.5, 0.6) is 0 Å². The average molecular weight is 276 g/mol. The van der Waals surface area contributed by atoms with Crippen LogP contribution in [0.3, 0.4) is 0 Å². The van der Waals surface area contributed by atoms with Crippen molar-refractivity contribution < 1.29 is 8.42 Å². The molecule has 2 heterocycles. The minimum absolute atomic E-state index is 0.0979. The number of nitrogens with one attached hydrogen (secondary N) is 1. The van der Waals surface area contributed by atoms with Gasteiger partial charge in [0, 0.05) is 51.4 Å². The number of likely N-dealkylation sites (N-methyl/N-ethyl adjacent to an activating group) is 1. The Kier molecular flexibility index (Phi) is 3.99. The van der Waals surface area contributed by atoms with E-state index in [1.165, 1.54) is 0 Å². The molecule has 106 valence electrons. The van der Waals surface area contributed by atoms with Crippen molar-refractivity contribution in [1.29, 1.82) is 0 Å². The maximum atomic E-state index is 12.5. The van der Waals surface area contributed by atoms with Gasteiger partial charge in [-0.1, -0.05) is 0 Å². The Bertz CT molecular complexity index is 390. The normalized spacial score (nSPS) is 28.4. The summed E-state index contributed by atoms with van der Waals surface area (Å²) in [7, 11) is -1.23. The first-order valence-corrected chi connectivity index (χ1v) is 7.91. The molecule has 2 rings (SSSR count). The smallest absolute Gasteiger partial charge is 0.282 e. The molecule has 1 N–H and O–H groups in total. The second-order valence-electron chi connectivity index (χ2n) is 5.72. The van der Waals surface area contributed by atoms with E-state index in [-0.39, 0.29) is 5.54 Å². The molecule has 0 unspecified atom stereocenters. The van der Waals surface area contributed by atoms with Crippen LogP contribution in [0, 0.1) is 0 Å². The Morgan fingerprint density at radius 1 is 1.00 bits per heavy atom. The number of piperazine rings is 2. The van der Waals surface area contributed by atoms with Crippen molar-refractivity contribution in [3.8, 4) is 0 Å². The van der Waals surface area contributed by atoms with Crippen molar-refractivity contribution in [2.75, 3.05) is 52.9 Å². The third kappa shape index (κ3) is 2.70. The van der Waals surface area contributed by atoms with Crippen molar-refractivity contribution in [2.24, 2.45) is 0 Å². The lowest BCUT2D eigenvalue weighted by Gasteiger charge is -2.45. The first-order valence-electron chi connectivity index (χ1n) is 6.51. The van der Waals surface area contributed by atoms with E-state index in [1.807, 2.05) is 0 Å². The lowest BCUT2D eigenvalue weighted by atomic mass is 10.0. The molecule has 0 radical (unpaired) electrons. The Morgan fingerprint density at radius 3 is 2.17 bits per heavy atom. The molecule has 0 aliphatic carbocycles. The molecule has 0 amide bonds. The summed E-state index contributed by atoms with van der Waals surface area (Å²) in [6, 6.07) is 0. The van der Waals surface area contributed by atoms with Crippen molar-refractivity contribution in [3.63, 3.8) is 0 Å². The van der Waals surface area contributed by atoms with Crippen LogP contribution < -0.4 is 5.32 Å². The maximum absolute atomic E-state index is 12.5. The van der Waals surface area contributed by atoms with Gasteiger partial charge in [-0.15, -0.1) is 0 Å². The SMILES string of the molecule is CN1CCN(S(=O)(=O)N2CCNCC2)CC1(C)C. The van der Waals surface area contributed by atoms with E-state index in [4.69, 9.17) is 0 Å². The van der Waals surface area contributed by atoms with E-state index >= 15 is 0 Å². The van der Waals surface area contributed by atoms with E-state index in [0.717, 1.165) is 19.6 Å². The summed E-state index contributed by atoms with van der Waals surface area (Å²) in [6.45, 7) is 8.77. The fourth-order valence-electron chi connectivity index (χ4n) is 2.43. The number of rotatable bonds is 2. The molecule has 0 aromatic carbocycles. The highest BCUT2D eigenvalue weighted by Crippen LogP contribution is 2.22. The molecule has 0 bridgehead atoms. The van der Waals surface area contributed by atoms with Gasteiger partial charge in [-0.2, -0.15) is 17.0 Å². The lowest BCUT2D eigenvalue weighted by molar-refractivity contribution is 0.0764. The Balaban J connectivity index is 2.10. The molecule has 0 saturated carbocycles. The molecular weight excluding hydrogens is 252 g/mol. The van der Waals surface area contributed by atoms with Gasteiger partial charge in [0.1, 0.15) is 0 Å². The third-order valence-electron chi connectivity index (χ3n) is 4.01. The van der Waals surface area contributed by atoms with Gasteiger partial charge in [-0.3, -0.25) is 4.90 Å². The Hall–Kier alpha value is -0.210. The molecule has 0 spiro atoms. The zero-order valence-corrected chi connectivity index (χ0v) is 12.3. The van der Waals surface area contributed by atoms with Crippen LogP contribution in [-0.4, -0.2) is 80.3 Å². The van der Waals surface area contributed by atoms with Gasteiger partial charge in [-0.05, 0) is 20.9 Å². The van der Waals surface area contributed by atoms with Crippen LogP contribution in [0.4, 0.5) is 0 Å². The van der Waals surface area contributed by atoms with E-state index in [9.17, 15) is 8.42 Å². The zero-order valence-electron chi connectivity index (χ0n) is 11.5. The quantitative estimate of drug-likeness (QED) is 0.715. The fourth-order valence-corrected chi connectivity index (χ4v) is 4.19. The summed E-state index contributed by atoms with van der Waals surface area (Å²) in [4.78, 5) is 2.22. The van der Waals surface area contributed by atoms with Gasteiger partial charge in [0.05, 0.1) is 0 Å². The van der Waals surface area contributed by atoms with E-state index < -0.39 is 10.2 Å². The minimum Gasteiger partial charge on any atom is -0.314 e. The van der Waals surface area contributed by atoms with Crippen molar-refractivity contribution in [1.82, 2.24) is 18.8 Å². The van der Waals surface area contributed by atoms with Crippen molar-refractivity contribution >= 4 is 10.2 Å². The molecule has 7 heteroatoms. The van der Waals surface area contributed by atoms with Crippen molar-refractivity contribution in [2.45, 2.75) is 19.4 Å². The molecule has 0 aromatic rings. The third-order valence-corrected chi connectivity index (χ3v) is 5.99. The molecule has 2 aliphatic rings. The summed E-state index contributed by atoms with van der Waals surface area (Å²) < 4.78 is 28.3. The fraction of sp³-hybridized carbons (Fsp3) is 1.00. The first kappa shape index (κ1) is 14.2. The van der Waals surface area contributed by atoms with Gasteiger partial charge in [0.2, 0.25) is 0 Å². The Morgan fingerprint density at radius 2 is 1.61 bits per heavy atom. The molecule has 0 aromatic heterocycles. The summed E-state index contributed by atoms with van der Waals surface area (Å²) in [5.74, 6) is 0. The number of hydrogen-bond donors (Lipinski definition) is 1. The predicted octanol–water partition coefficient (Wildman–Crippen LogP) is -0.838. The van der Waals surface area contributed by atoms with Crippen LogP contribution in [0.15, 0.2) is 0 Å². The van der Waals surface area contributed by atoms with Gasteiger partial charge in [-0.25, -0.2) is 0 Å². The highest BCUT2D eigenvalue weighted by molar-refractivity contribution is 7.86.